The van der Waals surface area contributed by atoms with Crippen LogP contribution >= 0.6 is 0 Å². The predicted octanol–water partition coefficient (Wildman–Crippen LogP) is 3.33. The molecule has 4 rings (SSSR count). The molecule has 0 saturated carbocycles. The van der Waals surface area contributed by atoms with Crippen molar-refractivity contribution in [3.05, 3.63) is 71.4 Å². The molecular weight excluding hydrogens is 352 g/mol. The van der Waals surface area contributed by atoms with Gasteiger partial charge in [0.25, 0.3) is 0 Å². The Balaban J connectivity index is 1.47. The Morgan fingerprint density at radius 1 is 1.07 bits per heavy atom. The minimum atomic E-state index is -0.833. The summed E-state index contributed by atoms with van der Waals surface area (Å²) in [6, 6.07) is 18.1. The van der Waals surface area contributed by atoms with E-state index in [1.165, 1.54) is 11.1 Å². The molecule has 0 radical (unpaired) electrons. The van der Waals surface area contributed by atoms with Crippen molar-refractivity contribution in [2.75, 3.05) is 0 Å². The van der Waals surface area contributed by atoms with Gasteiger partial charge in [0.05, 0.1) is 0 Å². The van der Waals surface area contributed by atoms with Gasteiger partial charge >= 0.3 is 5.97 Å². The zero-order valence-electron chi connectivity index (χ0n) is 15.7. The van der Waals surface area contributed by atoms with Gasteiger partial charge in [0.1, 0.15) is 6.54 Å². The number of benzene rings is 2. The maximum absolute atomic E-state index is 12.4. The summed E-state index contributed by atoms with van der Waals surface area (Å²) in [5.74, 6) is -0.758. The van der Waals surface area contributed by atoms with E-state index in [0.29, 0.717) is 6.42 Å². The number of aliphatic carboxylic acids is 1. The maximum atomic E-state index is 12.4. The third kappa shape index (κ3) is 3.79. The minimum Gasteiger partial charge on any atom is -0.480 e. The maximum Gasteiger partial charge on any atom is 0.323 e. The standard InChI is InChI=1S/C23H24N2O3/c26-22(13-10-16-6-2-1-3-7-16)24-17-11-12-21-19(14-17)18-8-4-5-9-20(18)25(21)15-23(27)28/h1-9,17H,10-15H2,(H,24,26)(H,27,28)/t17-/m1/s1. The van der Waals surface area contributed by atoms with Crippen LogP contribution in [0.25, 0.3) is 10.9 Å². The van der Waals surface area contributed by atoms with Crippen LogP contribution in [0.2, 0.25) is 0 Å². The zero-order chi connectivity index (χ0) is 19.5. The van der Waals surface area contributed by atoms with Gasteiger partial charge in [-0.1, -0.05) is 48.5 Å². The van der Waals surface area contributed by atoms with Crippen LogP contribution in [-0.4, -0.2) is 27.6 Å². The third-order valence-corrected chi connectivity index (χ3v) is 5.52. The molecule has 28 heavy (non-hydrogen) atoms. The summed E-state index contributed by atoms with van der Waals surface area (Å²) >= 11 is 0. The van der Waals surface area contributed by atoms with Crippen LogP contribution < -0.4 is 5.32 Å². The smallest absolute Gasteiger partial charge is 0.323 e. The van der Waals surface area contributed by atoms with Crippen LogP contribution in [0.15, 0.2) is 54.6 Å². The number of para-hydroxylation sites is 1. The van der Waals surface area contributed by atoms with Crippen LogP contribution in [0, 0.1) is 0 Å². The lowest BCUT2D eigenvalue weighted by Crippen LogP contribution is -2.39. The highest BCUT2D eigenvalue weighted by Crippen LogP contribution is 2.32. The van der Waals surface area contributed by atoms with E-state index in [2.05, 4.69) is 5.32 Å². The Bertz CT molecular complexity index is 1010. The number of hydrogen-bond acceptors (Lipinski definition) is 2. The molecule has 0 aliphatic heterocycles. The van der Waals surface area contributed by atoms with Crippen LogP contribution in [0.1, 0.15) is 29.7 Å². The van der Waals surface area contributed by atoms with Crippen molar-refractivity contribution < 1.29 is 14.7 Å². The highest BCUT2D eigenvalue weighted by atomic mass is 16.4. The number of carboxylic acids is 1. The molecule has 1 atom stereocenters. The summed E-state index contributed by atoms with van der Waals surface area (Å²) in [5, 5.41) is 13.6. The van der Waals surface area contributed by atoms with Crippen molar-refractivity contribution in [1.29, 1.82) is 0 Å². The molecule has 1 aromatic heterocycles. The Morgan fingerprint density at radius 3 is 2.61 bits per heavy atom. The lowest BCUT2D eigenvalue weighted by Gasteiger charge is -2.25. The zero-order valence-corrected chi connectivity index (χ0v) is 15.7. The van der Waals surface area contributed by atoms with Crippen LogP contribution in [0.3, 0.4) is 0 Å². The van der Waals surface area contributed by atoms with Crippen molar-refractivity contribution in [3.63, 3.8) is 0 Å². The largest absolute Gasteiger partial charge is 0.480 e. The van der Waals surface area contributed by atoms with E-state index in [1.54, 1.807) is 0 Å². The van der Waals surface area contributed by atoms with Crippen LogP contribution in [0.5, 0.6) is 0 Å². The summed E-state index contributed by atoms with van der Waals surface area (Å²) in [4.78, 5) is 23.7. The topological polar surface area (TPSA) is 71.3 Å². The molecule has 5 nitrogen and oxygen atoms in total. The number of carbonyl (C=O) groups is 2. The molecule has 1 aliphatic carbocycles. The number of aromatic nitrogens is 1. The summed E-state index contributed by atoms with van der Waals surface area (Å²) < 4.78 is 1.92. The van der Waals surface area contributed by atoms with Gasteiger partial charge in [0.15, 0.2) is 0 Å². The van der Waals surface area contributed by atoms with Gasteiger partial charge in [-0.05, 0) is 42.9 Å². The molecule has 1 aliphatic rings. The van der Waals surface area contributed by atoms with E-state index in [9.17, 15) is 14.7 Å². The van der Waals surface area contributed by atoms with Gasteiger partial charge in [-0.25, -0.2) is 0 Å². The number of aryl methyl sites for hydroxylation is 1. The van der Waals surface area contributed by atoms with E-state index in [0.717, 1.165) is 42.3 Å². The molecule has 2 aromatic carbocycles. The van der Waals surface area contributed by atoms with Crippen LogP contribution in [0.4, 0.5) is 0 Å². The number of carbonyl (C=O) groups excluding carboxylic acids is 1. The lowest BCUT2D eigenvalue weighted by molar-refractivity contribution is -0.137. The first-order valence-corrected chi connectivity index (χ1v) is 9.76. The molecule has 0 spiro atoms. The van der Waals surface area contributed by atoms with E-state index in [4.69, 9.17) is 0 Å². The Morgan fingerprint density at radius 2 is 1.82 bits per heavy atom. The van der Waals surface area contributed by atoms with E-state index >= 15 is 0 Å². The second-order valence-electron chi connectivity index (χ2n) is 7.42. The lowest BCUT2D eigenvalue weighted by atomic mass is 9.91. The SMILES string of the molecule is O=C(O)Cn1c2c(c3ccccc31)C[C@H](NC(=O)CCc1ccccc1)CC2. The second-order valence-corrected chi connectivity index (χ2v) is 7.42. The summed E-state index contributed by atoms with van der Waals surface area (Å²) in [6.45, 7) is -0.0239. The number of rotatable bonds is 6. The fourth-order valence-electron chi connectivity index (χ4n) is 4.24. The molecule has 0 saturated heterocycles. The van der Waals surface area contributed by atoms with Gasteiger partial charge in [0, 0.05) is 29.1 Å². The highest BCUT2D eigenvalue weighted by molar-refractivity contribution is 5.87. The Hall–Kier alpha value is -3.08. The van der Waals surface area contributed by atoms with Gasteiger partial charge in [-0.2, -0.15) is 0 Å². The van der Waals surface area contributed by atoms with Gasteiger partial charge < -0.3 is 15.0 Å². The first-order valence-electron chi connectivity index (χ1n) is 9.76. The van der Waals surface area contributed by atoms with Crippen molar-refractivity contribution >= 4 is 22.8 Å². The molecular formula is C23H24N2O3. The number of carboxylic acid groups (broad SMARTS) is 1. The number of fused-ring (bicyclic) bond motifs is 3. The third-order valence-electron chi connectivity index (χ3n) is 5.52. The molecule has 0 bridgehead atoms. The molecule has 0 fully saturated rings. The summed E-state index contributed by atoms with van der Waals surface area (Å²) in [7, 11) is 0. The fourth-order valence-corrected chi connectivity index (χ4v) is 4.24. The number of hydrogen-bond donors (Lipinski definition) is 2. The second kappa shape index (κ2) is 7.89. The molecule has 144 valence electrons. The van der Waals surface area contributed by atoms with Crippen molar-refractivity contribution in [3.8, 4) is 0 Å². The molecule has 0 unspecified atom stereocenters. The normalized spacial score (nSPS) is 15.9. The van der Waals surface area contributed by atoms with Crippen molar-refractivity contribution in [2.24, 2.45) is 0 Å². The molecule has 1 amide bonds. The molecule has 2 N–H and O–H groups in total. The van der Waals surface area contributed by atoms with Crippen molar-refractivity contribution in [1.82, 2.24) is 9.88 Å². The average Bonchev–Trinajstić information content (AvgIpc) is 3.00. The number of nitrogens with zero attached hydrogens (tertiary/aromatic N) is 1. The number of nitrogens with one attached hydrogen (secondary N) is 1. The van der Waals surface area contributed by atoms with Crippen LogP contribution in [-0.2, 0) is 35.4 Å². The first-order chi connectivity index (χ1) is 13.6. The Labute approximate surface area is 164 Å². The molecule has 1 heterocycles. The summed E-state index contributed by atoms with van der Waals surface area (Å²) in [5.41, 5.74) is 4.40. The molecule has 3 aromatic rings. The predicted molar refractivity (Wildman–Crippen MR) is 108 cm³/mol. The highest BCUT2D eigenvalue weighted by Gasteiger charge is 2.26. The van der Waals surface area contributed by atoms with Gasteiger partial charge in [-0.15, -0.1) is 0 Å². The van der Waals surface area contributed by atoms with E-state index in [1.807, 2.05) is 59.2 Å². The fraction of sp³-hybridized carbons (Fsp3) is 0.304. The Kier molecular flexibility index (Phi) is 5.15. The van der Waals surface area contributed by atoms with Gasteiger partial charge in [0.2, 0.25) is 5.91 Å². The van der Waals surface area contributed by atoms with E-state index < -0.39 is 5.97 Å². The number of amides is 1. The van der Waals surface area contributed by atoms with E-state index in [-0.39, 0.29) is 18.5 Å². The van der Waals surface area contributed by atoms with Crippen molar-refractivity contribution in [2.45, 2.75) is 44.7 Å². The quantitative estimate of drug-likeness (QED) is 0.693. The summed E-state index contributed by atoms with van der Waals surface area (Å²) in [6.07, 6.45) is 3.58. The molecule has 5 heteroatoms. The average molecular weight is 376 g/mol. The minimum absolute atomic E-state index is 0.0239. The van der Waals surface area contributed by atoms with Gasteiger partial charge in [-0.3, -0.25) is 9.59 Å². The monoisotopic (exact) mass is 376 g/mol. The first kappa shape index (κ1) is 18.3.